The van der Waals surface area contributed by atoms with Crippen LogP contribution in [0.2, 0.25) is 10.0 Å². The summed E-state index contributed by atoms with van der Waals surface area (Å²) in [6.45, 7) is -0.120. The Morgan fingerprint density at radius 1 is 1.05 bits per heavy atom. The minimum absolute atomic E-state index is 0.120. The van der Waals surface area contributed by atoms with E-state index in [9.17, 15) is 0 Å². The Morgan fingerprint density at radius 2 is 1.80 bits per heavy atom. The van der Waals surface area contributed by atoms with E-state index in [1.165, 1.54) is 5.56 Å². The highest BCUT2D eigenvalue weighted by Gasteiger charge is 2.03. The maximum absolute atomic E-state index is 8.64. The summed E-state index contributed by atoms with van der Waals surface area (Å²) >= 11 is 13.7. The van der Waals surface area contributed by atoms with Crippen LogP contribution in [0, 0.1) is 11.8 Å². The van der Waals surface area contributed by atoms with E-state index in [0.29, 0.717) is 10.0 Å². The van der Waals surface area contributed by atoms with Crippen molar-refractivity contribution in [1.29, 1.82) is 0 Å². The Kier molecular flexibility index (Phi) is 5.82. The molecule has 1 nitrogen and oxygen atoms in total. The Balaban J connectivity index is 2.02. The van der Waals surface area contributed by atoms with Gasteiger partial charge in [-0.05, 0) is 35.9 Å². The molecule has 0 amide bonds. The van der Waals surface area contributed by atoms with E-state index in [0.717, 1.165) is 16.2 Å². The molecule has 20 heavy (non-hydrogen) atoms. The summed E-state index contributed by atoms with van der Waals surface area (Å²) in [5.41, 5.74) is 2.08. The fourth-order valence-electron chi connectivity index (χ4n) is 1.57. The Bertz CT molecular complexity index is 642. The summed E-state index contributed by atoms with van der Waals surface area (Å²) < 4.78 is 0. The molecular weight excluding hydrogens is 311 g/mol. The third-order valence-corrected chi connectivity index (χ3v) is 4.36. The van der Waals surface area contributed by atoms with Crippen molar-refractivity contribution < 1.29 is 5.11 Å². The van der Waals surface area contributed by atoms with Gasteiger partial charge in [0, 0.05) is 21.2 Å². The molecule has 1 N–H and O–H groups in total. The van der Waals surface area contributed by atoms with Gasteiger partial charge in [-0.25, -0.2) is 0 Å². The second-order valence-electron chi connectivity index (χ2n) is 4.02. The number of aliphatic hydroxyl groups excluding tert-OH is 1. The molecule has 0 saturated heterocycles. The molecule has 0 spiro atoms. The summed E-state index contributed by atoms with van der Waals surface area (Å²) in [7, 11) is 0. The molecule has 2 aromatic rings. The molecule has 0 bridgehead atoms. The van der Waals surface area contributed by atoms with Crippen LogP contribution in [0.25, 0.3) is 0 Å². The number of hydrogen-bond donors (Lipinski definition) is 1. The van der Waals surface area contributed by atoms with Gasteiger partial charge in [-0.1, -0.05) is 47.2 Å². The van der Waals surface area contributed by atoms with Gasteiger partial charge in [-0.15, -0.1) is 11.8 Å². The largest absolute Gasteiger partial charge is 0.384 e. The smallest absolute Gasteiger partial charge is 0.104 e. The Hall–Kier alpha value is -1.11. The topological polar surface area (TPSA) is 20.2 Å². The second-order valence-corrected chi connectivity index (χ2v) is 5.88. The molecule has 0 fully saturated rings. The maximum atomic E-state index is 8.64. The standard InChI is InChI=1S/C16H12Cl2OS/c17-14-7-8-15(18)16(10-14)20-11-13-5-3-12(4-6-13)2-1-9-19/h3-8,10,19H,9,11H2. The van der Waals surface area contributed by atoms with Crippen molar-refractivity contribution >= 4 is 35.0 Å². The SMILES string of the molecule is OCC#Cc1ccc(CSc2cc(Cl)ccc2Cl)cc1. The molecule has 2 rings (SSSR count). The number of aliphatic hydroxyl groups is 1. The van der Waals surface area contributed by atoms with E-state index < -0.39 is 0 Å². The molecule has 2 aromatic carbocycles. The van der Waals surface area contributed by atoms with E-state index in [2.05, 4.69) is 11.8 Å². The number of rotatable bonds is 3. The van der Waals surface area contributed by atoms with Gasteiger partial charge in [0.05, 0.1) is 5.02 Å². The number of halogens is 2. The molecule has 0 aliphatic carbocycles. The van der Waals surface area contributed by atoms with Crippen molar-refractivity contribution in [2.24, 2.45) is 0 Å². The summed E-state index contributed by atoms with van der Waals surface area (Å²) in [6, 6.07) is 13.4. The average Bonchev–Trinajstić information content (AvgIpc) is 2.47. The fourth-order valence-corrected chi connectivity index (χ4v) is 3.02. The molecule has 0 heterocycles. The van der Waals surface area contributed by atoms with Crippen LogP contribution in [0.1, 0.15) is 11.1 Å². The number of thioether (sulfide) groups is 1. The number of benzene rings is 2. The van der Waals surface area contributed by atoms with Gasteiger partial charge in [-0.3, -0.25) is 0 Å². The third-order valence-electron chi connectivity index (χ3n) is 2.55. The van der Waals surface area contributed by atoms with Crippen molar-refractivity contribution in [3.8, 4) is 11.8 Å². The lowest BCUT2D eigenvalue weighted by molar-refractivity contribution is 0.350. The van der Waals surface area contributed by atoms with Crippen molar-refractivity contribution in [2.45, 2.75) is 10.6 Å². The van der Waals surface area contributed by atoms with E-state index in [1.807, 2.05) is 30.3 Å². The van der Waals surface area contributed by atoms with Gasteiger partial charge in [0.15, 0.2) is 0 Å². The predicted octanol–water partition coefficient (Wildman–Crippen LogP) is 4.63. The molecule has 0 atom stereocenters. The minimum atomic E-state index is -0.120. The summed E-state index contributed by atoms with van der Waals surface area (Å²) in [4.78, 5) is 0.975. The van der Waals surface area contributed by atoms with Crippen LogP contribution < -0.4 is 0 Å². The molecule has 0 unspecified atom stereocenters. The summed E-state index contributed by atoms with van der Waals surface area (Å²) in [5.74, 6) is 6.30. The fraction of sp³-hybridized carbons (Fsp3) is 0.125. The second kappa shape index (κ2) is 7.61. The third kappa shape index (κ3) is 4.47. The predicted molar refractivity (Wildman–Crippen MR) is 86.4 cm³/mol. The first-order valence-electron chi connectivity index (χ1n) is 5.95. The first-order valence-corrected chi connectivity index (χ1v) is 7.70. The first kappa shape index (κ1) is 15.3. The van der Waals surface area contributed by atoms with Gasteiger partial charge in [0.2, 0.25) is 0 Å². The molecular formula is C16H12Cl2OS. The lowest BCUT2D eigenvalue weighted by Gasteiger charge is -2.05. The van der Waals surface area contributed by atoms with Gasteiger partial charge in [0.25, 0.3) is 0 Å². The molecule has 0 aromatic heterocycles. The zero-order valence-electron chi connectivity index (χ0n) is 10.6. The molecule has 102 valence electrons. The van der Waals surface area contributed by atoms with Crippen molar-refractivity contribution in [1.82, 2.24) is 0 Å². The monoisotopic (exact) mass is 322 g/mol. The minimum Gasteiger partial charge on any atom is -0.384 e. The van der Waals surface area contributed by atoms with Crippen LogP contribution in [0.5, 0.6) is 0 Å². The zero-order chi connectivity index (χ0) is 14.4. The van der Waals surface area contributed by atoms with E-state index in [1.54, 1.807) is 23.9 Å². The van der Waals surface area contributed by atoms with Crippen LogP contribution >= 0.6 is 35.0 Å². The molecule has 0 radical (unpaired) electrons. The zero-order valence-corrected chi connectivity index (χ0v) is 12.9. The van der Waals surface area contributed by atoms with Crippen molar-refractivity contribution in [3.63, 3.8) is 0 Å². The van der Waals surface area contributed by atoms with Gasteiger partial charge < -0.3 is 5.11 Å². The molecule has 4 heteroatoms. The Labute approximate surface area is 132 Å². The van der Waals surface area contributed by atoms with Gasteiger partial charge in [0.1, 0.15) is 6.61 Å². The van der Waals surface area contributed by atoms with Crippen LogP contribution in [0.15, 0.2) is 47.4 Å². The van der Waals surface area contributed by atoms with Crippen LogP contribution in [-0.4, -0.2) is 11.7 Å². The van der Waals surface area contributed by atoms with Crippen molar-refractivity contribution in [3.05, 3.63) is 63.6 Å². The lowest BCUT2D eigenvalue weighted by atomic mass is 10.1. The van der Waals surface area contributed by atoms with Crippen molar-refractivity contribution in [2.75, 3.05) is 6.61 Å². The van der Waals surface area contributed by atoms with Crippen LogP contribution in [-0.2, 0) is 5.75 Å². The maximum Gasteiger partial charge on any atom is 0.104 e. The van der Waals surface area contributed by atoms with Gasteiger partial charge >= 0.3 is 0 Å². The molecule has 0 aliphatic rings. The normalized spacial score (nSPS) is 9.95. The Morgan fingerprint density at radius 3 is 2.50 bits per heavy atom. The van der Waals surface area contributed by atoms with Gasteiger partial charge in [-0.2, -0.15) is 0 Å². The van der Waals surface area contributed by atoms with Crippen LogP contribution in [0.3, 0.4) is 0 Å². The highest BCUT2D eigenvalue weighted by Crippen LogP contribution is 2.31. The highest BCUT2D eigenvalue weighted by atomic mass is 35.5. The quantitative estimate of drug-likeness (QED) is 0.656. The molecule has 0 saturated carbocycles. The molecule has 0 aliphatic heterocycles. The van der Waals surface area contributed by atoms with E-state index in [4.69, 9.17) is 28.3 Å². The van der Waals surface area contributed by atoms with E-state index in [-0.39, 0.29) is 6.61 Å². The average molecular weight is 323 g/mol. The highest BCUT2D eigenvalue weighted by molar-refractivity contribution is 7.98. The number of hydrogen-bond acceptors (Lipinski definition) is 2. The summed E-state index contributed by atoms with van der Waals surface area (Å²) in [6.07, 6.45) is 0. The summed E-state index contributed by atoms with van der Waals surface area (Å²) in [5, 5.41) is 10.0. The lowest BCUT2D eigenvalue weighted by Crippen LogP contribution is -1.83. The first-order chi connectivity index (χ1) is 9.69. The van der Waals surface area contributed by atoms with E-state index >= 15 is 0 Å². The van der Waals surface area contributed by atoms with Crippen LogP contribution in [0.4, 0.5) is 0 Å².